The number of anilines is 1. The molecule has 3 N–H and O–H groups in total. The zero-order chi connectivity index (χ0) is 19.4. The Labute approximate surface area is 157 Å². The molecule has 27 heavy (non-hydrogen) atoms. The van der Waals surface area contributed by atoms with E-state index in [1.54, 1.807) is 25.5 Å². The number of aromatic nitrogens is 3. The van der Waals surface area contributed by atoms with Gasteiger partial charge in [-0.15, -0.1) is 0 Å². The number of carbonyl (C=O) groups excluding carboxylic acids is 1. The predicted octanol–water partition coefficient (Wildman–Crippen LogP) is 2.45. The SMILES string of the molecule is CCNc1cccc(C(=O)NCc2c(-c3ccncc3)[nH]n(C)c2=O)c1C. The summed E-state index contributed by atoms with van der Waals surface area (Å²) < 4.78 is 1.41. The van der Waals surface area contributed by atoms with E-state index in [0.717, 1.165) is 23.4 Å². The molecule has 3 aromatic rings. The summed E-state index contributed by atoms with van der Waals surface area (Å²) in [6, 6.07) is 9.21. The molecule has 3 rings (SSSR count). The molecule has 0 fully saturated rings. The second-order valence-corrected chi connectivity index (χ2v) is 6.26. The van der Waals surface area contributed by atoms with Crippen LogP contribution in [0.4, 0.5) is 5.69 Å². The number of nitrogens with one attached hydrogen (secondary N) is 3. The van der Waals surface area contributed by atoms with Crippen molar-refractivity contribution in [2.24, 2.45) is 7.05 Å². The van der Waals surface area contributed by atoms with E-state index >= 15 is 0 Å². The van der Waals surface area contributed by atoms with Gasteiger partial charge in [0.2, 0.25) is 0 Å². The number of hydrogen-bond acceptors (Lipinski definition) is 4. The van der Waals surface area contributed by atoms with Gasteiger partial charge in [0.15, 0.2) is 0 Å². The van der Waals surface area contributed by atoms with Crippen molar-refractivity contribution in [3.63, 3.8) is 0 Å². The second kappa shape index (κ2) is 7.90. The van der Waals surface area contributed by atoms with Crippen molar-refractivity contribution in [2.75, 3.05) is 11.9 Å². The van der Waals surface area contributed by atoms with Crippen LogP contribution in [0.25, 0.3) is 11.3 Å². The molecule has 0 aliphatic heterocycles. The van der Waals surface area contributed by atoms with Crippen molar-refractivity contribution in [3.05, 3.63) is 69.8 Å². The fourth-order valence-corrected chi connectivity index (χ4v) is 3.04. The third kappa shape index (κ3) is 3.76. The van der Waals surface area contributed by atoms with Gasteiger partial charge in [0.05, 0.1) is 17.8 Å². The summed E-state index contributed by atoms with van der Waals surface area (Å²) in [5.41, 5.74) is 4.28. The van der Waals surface area contributed by atoms with Crippen LogP contribution in [0.5, 0.6) is 0 Å². The summed E-state index contributed by atoms with van der Waals surface area (Å²) in [5.74, 6) is -0.212. The summed E-state index contributed by atoms with van der Waals surface area (Å²) in [7, 11) is 1.66. The summed E-state index contributed by atoms with van der Waals surface area (Å²) in [5, 5.41) is 9.16. The summed E-state index contributed by atoms with van der Waals surface area (Å²) in [4.78, 5) is 29.2. The van der Waals surface area contributed by atoms with Crippen molar-refractivity contribution in [3.8, 4) is 11.3 Å². The van der Waals surface area contributed by atoms with Crippen LogP contribution >= 0.6 is 0 Å². The maximum absolute atomic E-state index is 12.7. The molecular formula is C20H23N5O2. The number of amides is 1. The Morgan fingerprint density at radius 1 is 1.22 bits per heavy atom. The zero-order valence-corrected chi connectivity index (χ0v) is 15.7. The fourth-order valence-electron chi connectivity index (χ4n) is 3.04. The average molecular weight is 365 g/mol. The first kappa shape index (κ1) is 18.4. The molecule has 2 heterocycles. The molecule has 0 aliphatic carbocycles. The van der Waals surface area contributed by atoms with Crippen molar-refractivity contribution in [1.29, 1.82) is 0 Å². The lowest BCUT2D eigenvalue weighted by atomic mass is 10.1. The molecule has 7 heteroatoms. The van der Waals surface area contributed by atoms with Crippen molar-refractivity contribution < 1.29 is 4.79 Å². The molecule has 0 aliphatic rings. The number of H-pyrrole nitrogens is 1. The number of rotatable bonds is 6. The Hall–Kier alpha value is -3.35. The minimum atomic E-state index is -0.212. The third-order valence-corrected chi connectivity index (χ3v) is 4.48. The van der Waals surface area contributed by atoms with Crippen LogP contribution in [0.1, 0.15) is 28.4 Å². The first-order valence-electron chi connectivity index (χ1n) is 8.82. The van der Waals surface area contributed by atoms with Gasteiger partial charge in [-0.25, -0.2) is 0 Å². The standard InChI is InChI=1S/C20H23N5O2/c1-4-22-17-7-5-6-15(13(17)2)19(26)23-12-16-18(24-25(3)20(16)27)14-8-10-21-11-9-14/h5-11,22,24H,4,12H2,1-3H3,(H,23,26). The highest BCUT2D eigenvalue weighted by Gasteiger charge is 2.17. The third-order valence-electron chi connectivity index (χ3n) is 4.48. The van der Waals surface area contributed by atoms with Gasteiger partial charge in [-0.3, -0.25) is 24.4 Å². The summed E-state index contributed by atoms with van der Waals surface area (Å²) in [6.07, 6.45) is 3.33. The Bertz CT molecular complexity index is 1000. The van der Waals surface area contributed by atoms with Crippen LogP contribution in [0, 0.1) is 6.92 Å². The summed E-state index contributed by atoms with van der Waals surface area (Å²) >= 11 is 0. The van der Waals surface area contributed by atoms with Gasteiger partial charge in [-0.05, 0) is 43.7 Å². The van der Waals surface area contributed by atoms with Crippen LogP contribution in [0.3, 0.4) is 0 Å². The number of benzene rings is 1. The zero-order valence-electron chi connectivity index (χ0n) is 15.7. The lowest BCUT2D eigenvalue weighted by Gasteiger charge is -2.12. The van der Waals surface area contributed by atoms with E-state index in [4.69, 9.17) is 0 Å². The molecule has 0 radical (unpaired) electrons. The molecule has 0 atom stereocenters. The molecule has 7 nitrogen and oxygen atoms in total. The van der Waals surface area contributed by atoms with Crippen LogP contribution in [-0.4, -0.2) is 27.2 Å². The molecule has 0 saturated heterocycles. The van der Waals surface area contributed by atoms with Crippen molar-refractivity contribution in [2.45, 2.75) is 20.4 Å². The molecule has 0 unspecified atom stereocenters. The number of nitrogens with zero attached hydrogens (tertiary/aromatic N) is 2. The van der Waals surface area contributed by atoms with Gasteiger partial charge in [0.1, 0.15) is 0 Å². The lowest BCUT2D eigenvalue weighted by Crippen LogP contribution is -2.27. The Morgan fingerprint density at radius 3 is 2.67 bits per heavy atom. The average Bonchev–Trinajstić information content (AvgIpc) is 2.97. The molecule has 0 bridgehead atoms. The van der Waals surface area contributed by atoms with Crippen LogP contribution in [-0.2, 0) is 13.6 Å². The van der Waals surface area contributed by atoms with Gasteiger partial charge in [0, 0.05) is 42.8 Å². The highest BCUT2D eigenvalue weighted by Crippen LogP contribution is 2.20. The van der Waals surface area contributed by atoms with E-state index in [-0.39, 0.29) is 18.0 Å². The molecule has 0 saturated carbocycles. The Morgan fingerprint density at radius 2 is 1.96 bits per heavy atom. The van der Waals surface area contributed by atoms with E-state index in [1.165, 1.54) is 4.68 Å². The molecule has 140 valence electrons. The lowest BCUT2D eigenvalue weighted by molar-refractivity contribution is 0.0950. The number of carbonyl (C=O) groups is 1. The topological polar surface area (TPSA) is 91.8 Å². The van der Waals surface area contributed by atoms with E-state index in [9.17, 15) is 9.59 Å². The Kier molecular flexibility index (Phi) is 5.40. The largest absolute Gasteiger partial charge is 0.385 e. The molecule has 0 spiro atoms. The maximum Gasteiger partial charge on any atom is 0.271 e. The van der Waals surface area contributed by atoms with Crippen molar-refractivity contribution in [1.82, 2.24) is 20.1 Å². The highest BCUT2D eigenvalue weighted by molar-refractivity contribution is 5.97. The van der Waals surface area contributed by atoms with Crippen molar-refractivity contribution >= 4 is 11.6 Å². The van der Waals surface area contributed by atoms with Crippen LogP contribution < -0.4 is 16.2 Å². The number of aromatic amines is 1. The predicted molar refractivity (Wildman–Crippen MR) is 106 cm³/mol. The smallest absolute Gasteiger partial charge is 0.271 e. The first-order chi connectivity index (χ1) is 13.0. The molecule has 2 aromatic heterocycles. The minimum Gasteiger partial charge on any atom is -0.385 e. The number of aryl methyl sites for hydroxylation is 1. The van der Waals surface area contributed by atoms with E-state index < -0.39 is 0 Å². The molecular weight excluding hydrogens is 342 g/mol. The van der Waals surface area contributed by atoms with Gasteiger partial charge in [0.25, 0.3) is 11.5 Å². The molecule has 1 aromatic carbocycles. The van der Waals surface area contributed by atoms with Gasteiger partial charge in [-0.1, -0.05) is 6.07 Å². The van der Waals surface area contributed by atoms with Gasteiger partial charge in [-0.2, -0.15) is 0 Å². The normalized spacial score (nSPS) is 10.6. The van der Waals surface area contributed by atoms with E-state index in [0.29, 0.717) is 16.8 Å². The second-order valence-electron chi connectivity index (χ2n) is 6.26. The van der Waals surface area contributed by atoms with E-state index in [1.807, 2.05) is 38.1 Å². The highest BCUT2D eigenvalue weighted by atomic mass is 16.2. The monoisotopic (exact) mass is 365 g/mol. The summed E-state index contributed by atoms with van der Waals surface area (Å²) in [6.45, 7) is 4.83. The van der Waals surface area contributed by atoms with Gasteiger partial charge >= 0.3 is 0 Å². The number of pyridine rings is 1. The number of hydrogen-bond donors (Lipinski definition) is 3. The van der Waals surface area contributed by atoms with E-state index in [2.05, 4.69) is 20.7 Å². The van der Waals surface area contributed by atoms with Crippen LogP contribution in [0.15, 0.2) is 47.5 Å². The van der Waals surface area contributed by atoms with Crippen LogP contribution in [0.2, 0.25) is 0 Å². The Balaban J connectivity index is 1.85. The molecule has 1 amide bonds. The first-order valence-corrected chi connectivity index (χ1v) is 8.82. The maximum atomic E-state index is 12.7. The quantitative estimate of drug-likeness (QED) is 0.626. The minimum absolute atomic E-state index is 0.136. The van der Waals surface area contributed by atoms with Gasteiger partial charge < -0.3 is 10.6 Å². The fraction of sp³-hybridized carbons (Fsp3) is 0.250.